The Balaban J connectivity index is 1.77. The minimum Gasteiger partial charge on any atom is -0.336 e. The summed E-state index contributed by atoms with van der Waals surface area (Å²) in [6.07, 6.45) is 2.00. The Bertz CT molecular complexity index is 1400. The van der Waals surface area contributed by atoms with E-state index in [2.05, 4.69) is 138 Å². The quantitative estimate of drug-likeness (QED) is 0.279. The van der Waals surface area contributed by atoms with E-state index in [9.17, 15) is 0 Å². The van der Waals surface area contributed by atoms with Crippen LogP contribution in [-0.2, 0) is 18.3 Å². The van der Waals surface area contributed by atoms with Gasteiger partial charge in [0, 0.05) is 22.3 Å². The Kier molecular flexibility index (Phi) is 6.07. The number of rotatable bonds is 5. The number of aryl methyl sites for hydroxylation is 2. The van der Waals surface area contributed by atoms with E-state index >= 15 is 0 Å². The van der Waals surface area contributed by atoms with Gasteiger partial charge in [-0.1, -0.05) is 100 Å². The third-order valence-corrected chi connectivity index (χ3v) is 7.89. The first-order valence-corrected chi connectivity index (χ1v) is 13.4. The van der Waals surface area contributed by atoms with Crippen molar-refractivity contribution in [3.05, 3.63) is 107 Å². The highest BCUT2D eigenvalue weighted by atomic mass is 15.2. The van der Waals surface area contributed by atoms with E-state index in [1.807, 2.05) is 0 Å². The van der Waals surface area contributed by atoms with Crippen LogP contribution in [0.4, 0.5) is 11.4 Å². The summed E-state index contributed by atoms with van der Waals surface area (Å²) in [5.41, 5.74) is 13.5. The Labute approximate surface area is 217 Å². The second-order valence-corrected chi connectivity index (χ2v) is 11.6. The van der Waals surface area contributed by atoms with Gasteiger partial charge in [-0.05, 0) is 90.3 Å². The average Bonchev–Trinajstić information content (AvgIpc) is 3.09. The van der Waals surface area contributed by atoms with Gasteiger partial charge in [0.05, 0.1) is 0 Å². The van der Waals surface area contributed by atoms with Crippen molar-refractivity contribution in [3.63, 3.8) is 0 Å². The maximum atomic E-state index is 2.60. The van der Waals surface area contributed by atoms with Crippen molar-refractivity contribution in [2.75, 3.05) is 4.90 Å². The summed E-state index contributed by atoms with van der Waals surface area (Å²) in [6.45, 7) is 16.3. The molecule has 0 aromatic heterocycles. The van der Waals surface area contributed by atoms with Crippen LogP contribution in [0, 0.1) is 0 Å². The molecule has 1 nitrogen and oxygen atoms in total. The zero-order valence-corrected chi connectivity index (χ0v) is 22.9. The van der Waals surface area contributed by atoms with Gasteiger partial charge in [0.25, 0.3) is 0 Å². The first-order valence-electron chi connectivity index (χ1n) is 13.4. The zero-order valence-electron chi connectivity index (χ0n) is 22.9. The van der Waals surface area contributed by atoms with E-state index in [1.54, 1.807) is 0 Å². The van der Waals surface area contributed by atoms with Crippen LogP contribution in [0.3, 0.4) is 0 Å². The normalized spacial score (nSPS) is 13.9. The Morgan fingerprint density at radius 2 is 1.25 bits per heavy atom. The molecule has 0 aliphatic heterocycles. The third-order valence-electron chi connectivity index (χ3n) is 7.89. The Hall–Kier alpha value is -3.32. The molecule has 0 N–H and O–H groups in total. The van der Waals surface area contributed by atoms with Crippen molar-refractivity contribution in [1.82, 2.24) is 0 Å². The van der Waals surface area contributed by atoms with Gasteiger partial charge in [0.1, 0.15) is 0 Å². The molecule has 1 aliphatic rings. The van der Waals surface area contributed by atoms with Gasteiger partial charge in [-0.3, -0.25) is 0 Å². The predicted octanol–water partition coefficient (Wildman–Crippen LogP) is 9.72. The molecule has 184 valence electrons. The van der Waals surface area contributed by atoms with Crippen molar-refractivity contribution in [2.45, 2.75) is 72.3 Å². The van der Waals surface area contributed by atoms with E-state index in [0.717, 1.165) is 12.8 Å². The van der Waals surface area contributed by atoms with Gasteiger partial charge in [-0.25, -0.2) is 0 Å². The lowest BCUT2D eigenvalue weighted by molar-refractivity contribution is 0.557. The molecule has 0 saturated carbocycles. The summed E-state index contributed by atoms with van der Waals surface area (Å²) in [5.74, 6) is 0. The maximum Gasteiger partial charge on any atom is 0.0454 e. The lowest BCUT2D eigenvalue weighted by Gasteiger charge is -2.41. The number of fused-ring (bicyclic) bond motifs is 3. The summed E-state index contributed by atoms with van der Waals surface area (Å²) < 4.78 is 0. The first kappa shape index (κ1) is 24.4. The van der Waals surface area contributed by atoms with Crippen LogP contribution in [0.15, 0.2) is 84.9 Å². The molecule has 4 aromatic rings. The zero-order chi connectivity index (χ0) is 25.7. The fourth-order valence-corrected chi connectivity index (χ4v) is 6.01. The minimum absolute atomic E-state index is 0.0166. The van der Waals surface area contributed by atoms with Crippen LogP contribution in [0.25, 0.3) is 22.3 Å². The van der Waals surface area contributed by atoms with Crippen LogP contribution >= 0.6 is 0 Å². The number of benzene rings is 4. The predicted molar refractivity (Wildman–Crippen MR) is 157 cm³/mol. The fourth-order valence-electron chi connectivity index (χ4n) is 6.01. The number of hydrogen-bond donors (Lipinski definition) is 0. The molecule has 0 fully saturated rings. The molecule has 1 heteroatoms. The largest absolute Gasteiger partial charge is 0.336 e. The van der Waals surface area contributed by atoms with E-state index in [-0.39, 0.29) is 11.0 Å². The second kappa shape index (κ2) is 8.96. The summed E-state index contributed by atoms with van der Waals surface area (Å²) in [5, 5.41) is 0. The van der Waals surface area contributed by atoms with Gasteiger partial charge in [0.15, 0.2) is 0 Å². The smallest absolute Gasteiger partial charge is 0.0454 e. The standard InChI is InChI=1S/C35H39N/c1-8-24-19-20-27(26-15-11-10-12-16-26)22-32(24)36(34(3,4)5)33-23-29-28-17-13-14-18-30(28)35(6,7)31(29)21-25(33)9-2/h10-23H,8-9H2,1-7H3. The molecule has 36 heavy (non-hydrogen) atoms. The van der Waals surface area contributed by atoms with Crippen LogP contribution in [0.2, 0.25) is 0 Å². The monoisotopic (exact) mass is 473 g/mol. The highest BCUT2D eigenvalue weighted by molar-refractivity contribution is 5.86. The van der Waals surface area contributed by atoms with Gasteiger partial charge >= 0.3 is 0 Å². The molecule has 5 rings (SSSR count). The topological polar surface area (TPSA) is 3.24 Å². The molecule has 0 atom stereocenters. The minimum atomic E-state index is -0.0922. The summed E-state index contributed by atoms with van der Waals surface area (Å²) in [7, 11) is 0. The molecule has 0 radical (unpaired) electrons. The molecule has 0 bridgehead atoms. The van der Waals surface area contributed by atoms with Gasteiger partial charge in [-0.15, -0.1) is 0 Å². The Morgan fingerprint density at radius 1 is 0.611 bits per heavy atom. The lowest BCUT2D eigenvalue weighted by Crippen LogP contribution is -2.39. The lowest BCUT2D eigenvalue weighted by atomic mass is 9.81. The van der Waals surface area contributed by atoms with Gasteiger partial charge in [0.2, 0.25) is 0 Å². The molecular formula is C35H39N. The number of nitrogens with zero attached hydrogens (tertiary/aromatic N) is 1. The molecule has 0 saturated heterocycles. The summed E-state index contributed by atoms with van der Waals surface area (Å²) >= 11 is 0. The molecular weight excluding hydrogens is 434 g/mol. The van der Waals surface area contributed by atoms with Gasteiger partial charge < -0.3 is 4.90 Å². The summed E-state index contributed by atoms with van der Waals surface area (Å²) in [6, 6.07) is 31.7. The van der Waals surface area contributed by atoms with E-state index in [1.165, 1.54) is 55.9 Å². The fraction of sp³-hybridized carbons (Fsp3) is 0.314. The highest BCUT2D eigenvalue weighted by Gasteiger charge is 2.37. The molecule has 4 aromatic carbocycles. The summed E-state index contributed by atoms with van der Waals surface area (Å²) in [4.78, 5) is 2.60. The average molecular weight is 474 g/mol. The van der Waals surface area contributed by atoms with E-state index in [0.29, 0.717) is 0 Å². The van der Waals surface area contributed by atoms with Crippen molar-refractivity contribution in [1.29, 1.82) is 0 Å². The van der Waals surface area contributed by atoms with Crippen LogP contribution in [0.1, 0.15) is 70.7 Å². The van der Waals surface area contributed by atoms with Crippen molar-refractivity contribution in [3.8, 4) is 22.3 Å². The van der Waals surface area contributed by atoms with Crippen LogP contribution in [0.5, 0.6) is 0 Å². The molecule has 0 heterocycles. The van der Waals surface area contributed by atoms with Crippen LogP contribution in [-0.4, -0.2) is 5.54 Å². The van der Waals surface area contributed by atoms with E-state index in [4.69, 9.17) is 0 Å². The van der Waals surface area contributed by atoms with Gasteiger partial charge in [-0.2, -0.15) is 0 Å². The number of anilines is 2. The van der Waals surface area contributed by atoms with Crippen LogP contribution < -0.4 is 4.90 Å². The SMILES string of the molecule is CCc1ccc(-c2ccccc2)cc1N(c1cc2c(cc1CC)C(C)(C)c1ccccc1-2)C(C)(C)C. The van der Waals surface area contributed by atoms with Crippen molar-refractivity contribution < 1.29 is 0 Å². The first-order chi connectivity index (χ1) is 17.2. The molecule has 0 amide bonds. The third kappa shape index (κ3) is 3.95. The second-order valence-electron chi connectivity index (χ2n) is 11.6. The molecule has 1 aliphatic carbocycles. The number of hydrogen-bond acceptors (Lipinski definition) is 1. The van der Waals surface area contributed by atoms with Crippen molar-refractivity contribution >= 4 is 11.4 Å². The Morgan fingerprint density at radius 3 is 1.92 bits per heavy atom. The van der Waals surface area contributed by atoms with E-state index < -0.39 is 0 Å². The molecule has 0 unspecified atom stereocenters. The maximum absolute atomic E-state index is 2.60. The molecule has 0 spiro atoms. The highest BCUT2D eigenvalue weighted by Crippen LogP contribution is 2.52. The van der Waals surface area contributed by atoms with Crippen molar-refractivity contribution in [2.24, 2.45) is 0 Å².